The molecular formula is C17H19BClNO5. The van der Waals surface area contributed by atoms with Crippen LogP contribution in [0.3, 0.4) is 0 Å². The highest BCUT2D eigenvalue weighted by Gasteiger charge is 2.46. The Kier molecular flexibility index (Phi) is 4.49. The number of nitrogens with zero attached hydrogens (tertiary/aromatic N) is 1. The Bertz CT molecular complexity index is 781. The lowest BCUT2D eigenvalue weighted by atomic mass is 9.73. The Hall–Kier alpha value is -1.54. The van der Waals surface area contributed by atoms with Gasteiger partial charge >= 0.3 is 7.12 Å². The molecule has 1 aromatic heterocycles. The molecule has 0 saturated carbocycles. The first-order valence-corrected chi connectivity index (χ1v) is 8.85. The molecule has 2 saturated heterocycles. The van der Waals surface area contributed by atoms with E-state index in [4.69, 9.17) is 20.8 Å². The maximum atomic E-state index is 11.8. The van der Waals surface area contributed by atoms with Gasteiger partial charge in [0.1, 0.15) is 0 Å². The zero-order valence-electron chi connectivity index (χ0n) is 13.5. The van der Waals surface area contributed by atoms with Crippen LogP contribution in [0.5, 0.6) is 0 Å². The molecule has 1 amide bonds. The molecule has 2 aromatic rings. The number of fused-ring (bicyclic) bond motifs is 3. The molecule has 0 radical (unpaired) electrons. The third-order valence-corrected chi connectivity index (χ3v) is 5.66. The first-order valence-electron chi connectivity index (χ1n) is 8.47. The molecule has 1 unspecified atom stereocenters. The smallest absolute Gasteiger partial charge is 0.462 e. The third-order valence-electron chi connectivity index (χ3n) is 5.37. The second-order valence-corrected chi connectivity index (χ2v) is 7.20. The lowest BCUT2D eigenvalue weighted by molar-refractivity contribution is -0.122. The van der Waals surface area contributed by atoms with Crippen LogP contribution in [0.15, 0.2) is 28.9 Å². The van der Waals surface area contributed by atoms with Crippen LogP contribution in [0.25, 0.3) is 11.0 Å². The van der Waals surface area contributed by atoms with Crippen molar-refractivity contribution in [3.8, 4) is 0 Å². The van der Waals surface area contributed by atoms with Gasteiger partial charge in [0.05, 0.1) is 35.5 Å². The first-order chi connectivity index (χ1) is 12.1. The summed E-state index contributed by atoms with van der Waals surface area (Å²) >= 11 is 6.13. The number of carbonyl (C=O) groups excluding carboxylic acids is 1. The van der Waals surface area contributed by atoms with E-state index in [9.17, 15) is 14.8 Å². The predicted molar refractivity (Wildman–Crippen MR) is 93.1 cm³/mol. The minimum Gasteiger partial charge on any atom is -0.462 e. The summed E-state index contributed by atoms with van der Waals surface area (Å²) in [5.41, 5.74) is 1.35. The molecule has 1 aromatic carbocycles. The Morgan fingerprint density at radius 1 is 1.40 bits per heavy atom. The number of carbonyl (C=O) groups is 1. The summed E-state index contributed by atoms with van der Waals surface area (Å²) < 4.78 is 11.3. The second kappa shape index (κ2) is 6.65. The number of halogens is 1. The minimum absolute atomic E-state index is 0.0213. The molecule has 3 heterocycles. The van der Waals surface area contributed by atoms with Gasteiger partial charge in [-0.3, -0.25) is 4.79 Å². The Balaban J connectivity index is 1.62. The van der Waals surface area contributed by atoms with Crippen molar-refractivity contribution in [1.29, 1.82) is 0 Å². The molecule has 4 atom stereocenters. The number of benzene rings is 1. The monoisotopic (exact) mass is 363 g/mol. The summed E-state index contributed by atoms with van der Waals surface area (Å²) in [5, 5.41) is 21.2. The van der Waals surface area contributed by atoms with E-state index in [0.29, 0.717) is 17.0 Å². The van der Waals surface area contributed by atoms with E-state index in [0.717, 1.165) is 30.2 Å². The van der Waals surface area contributed by atoms with Gasteiger partial charge in [-0.25, -0.2) is 0 Å². The fraction of sp³-hybridized carbons (Fsp3) is 0.471. The standard InChI is InChI=1S/C17H19BClNO5/c19-13-3-1-2-12-10(8-24-17(12)13)6-16(18(22)23)20(9-21)14-7-11-4-5-15(14)25-11/h1-3,8-9,11,14-16,22-23H,4-7H2/t11-,14?,15+,16+/m1/s1. The molecule has 2 aliphatic heterocycles. The van der Waals surface area contributed by atoms with Gasteiger partial charge in [-0.05, 0) is 37.3 Å². The molecule has 4 rings (SSSR count). The van der Waals surface area contributed by atoms with Gasteiger partial charge < -0.3 is 24.1 Å². The number of para-hydroxylation sites is 1. The third kappa shape index (κ3) is 2.95. The highest BCUT2D eigenvalue weighted by atomic mass is 35.5. The van der Waals surface area contributed by atoms with E-state index in [2.05, 4.69) is 0 Å². The Labute approximate surface area is 150 Å². The summed E-state index contributed by atoms with van der Waals surface area (Å²) in [6, 6.07) is 5.30. The zero-order chi connectivity index (χ0) is 17.6. The van der Waals surface area contributed by atoms with Gasteiger partial charge in [0.2, 0.25) is 6.41 Å². The molecule has 6 nitrogen and oxygen atoms in total. The molecule has 2 fully saturated rings. The van der Waals surface area contributed by atoms with Gasteiger partial charge in [0, 0.05) is 5.39 Å². The molecule has 8 heteroatoms. The zero-order valence-corrected chi connectivity index (χ0v) is 14.3. The number of rotatable bonds is 6. The average Bonchev–Trinajstić information content (AvgIpc) is 3.30. The molecule has 2 bridgehead atoms. The fourth-order valence-corrected chi connectivity index (χ4v) is 4.37. The van der Waals surface area contributed by atoms with Crippen molar-refractivity contribution in [1.82, 2.24) is 4.90 Å². The fourth-order valence-electron chi connectivity index (χ4n) is 4.15. The van der Waals surface area contributed by atoms with Crippen molar-refractivity contribution in [2.24, 2.45) is 0 Å². The number of amides is 1. The van der Waals surface area contributed by atoms with Gasteiger partial charge in [-0.15, -0.1) is 0 Å². The summed E-state index contributed by atoms with van der Waals surface area (Å²) in [6.07, 6.45) is 5.32. The molecule has 0 spiro atoms. The van der Waals surface area contributed by atoms with E-state index < -0.39 is 13.1 Å². The maximum absolute atomic E-state index is 11.8. The summed E-state index contributed by atoms with van der Waals surface area (Å²) in [4.78, 5) is 13.3. The Morgan fingerprint density at radius 2 is 2.24 bits per heavy atom. The van der Waals surface area contributed by atoms with Crippen LogP contribution in [-0.4, -0.2) is 52.7 Å². The molecule has 2 aliphatic rings. The van der Waals surface area contributed by atoms with E-state index >= 15 is 0 Å². The van der Waals surface area contributed by atoms with Gasteiger partial charge in [0.15, 0.2) is 5.58 Å². The average molecular weight is 364 g/mol. The molecule has 0 aliphatic carbocycles. The van der Waals surface area contributed by atoms with Crippen molar-refractivity contribution < 1.29 is 24.0 Å². The number of hydrogen-bond donors (Lipinski definition) is 2. The summed E-state index contributed by atoms with van der Waals surface area (Å²) in [7, 11) is -1.66. The van der Waals surface area contributed by atoms with Crippen LogP contribution < -0.4 is 0 Å². The number of hydrogen-bond acceptors (Lipinski definition) is 5. The van der Waals surface area contributed by atoms with E-state index in [1.807, 2.05) is 12.1 Å². The van der Waals surface area contributed by atoms with Crippen molar-refractivity contribution in [2.45, 2.75) is 49.9 Å². The van der Waals surface area contributed by atoms with Crippen LogP contribution >= 0.6 is 11.6 Å². The van der Waals surface area contributed by atoms with E-state index in [1.165, 1.54) is 4.90 Å². The maximum Gasteiger partial charge on any atom is 0.476 e. The van der Waals surface area contributed by atoms with Crippen LogP contribution in [-0.2, 0) is 16.0 Å². The lowest BCUT2D eigenvalue weighted by Crippen LogP contribution is -2.54. The van der Waals surface area contributed by atoms with Crippen molar-refractivity contribution in [3.05, 3.63) is 35.0 Å². The first kappa shape index (κ1) is 16.9. The molecule has 25 heavy (non-hydrogen) atoms. The van der Waals surface area contributed by atoms with E-state index in [1.54, 1.807) is 12.3 Å². The predicted octanol–water partition coefficient (Wildman–Crippen LogP) is 1.79. The lowest BCUT2D eigenvalue weighted by Gasteiger charge is -2.35. The molecule has 132 valence electrons. The normalized spacial score (nSPS) is 26.1. The summed E-state index contributed by atoms with van der Waals surface area (Å²) in [5.74, 6) is -0.773. The van der Waals surface area contributed by atoms with Crippen LogP contribution in [0, 0.1) is 0 Å². The van der Waals surface area contributed by atoms with Crippen molar-refractivity contribution in [3.63, 3.8) is 0 Å². The minimum atomic E-state index is -1.66. The largest absolute Gasteiger partial charge is 0.476 e. The topological polar surface area (TPSA) is 83.1 Å². The molecular weight excluding hydrogens is 344 g/mol. The van der Waals surface area contributed by atoms with E-state index in [-0.39, 0.29) is 24.7 Å². The van der Waals surface area contributed by atoms with Crippen molar-refractivity contribution in [2.75, 3.05) is 0 Å². The van der Waals surface area contributed by atoms with Gasteiger partial charge in [0.25, 0.3) is 0 Å². The van der Waals surface area contributed by atoms with Gasteiger partial charge in [-0.1, -0.05) is 23.7 Å². The summed E-state index contributed by atoms with van der Waals surface area (Å²) in [6.45, 7) is 0. The number of furan rings is 1. The van der Waals surface area contributed by atoms with Crippen LogP contribution in [0.2, 0.25) is 5.02 Å². The highest BCUT2D eigenvalue weighted by molar-refractivity contribution is 6.43. The van der Waals surface area contributed by atoms with Crippen LogP contribution in [0.1, 0.15) is 24.8 Å². The Morgan fingerprint density at radius 3 is 2.88 bits per heavy atom. The second-order valence-electron chi connectivity index (χ2n) is 6.79. The van der Waals surface area contributed by atoms with Gasteiger partial charge in [-0.2, -0.15) is 0 Å². The van der Waals surface area contributed by atoms with Crippen molar-refractivity contribution >= 4 is 36.1 Å². The molecule has 2 N–H and O–H groups in total. The van der Waals surface area contributed by atoms with Crippen LogP contribution in [0.4, 0.5) is 0 Å². The number of ether oxygens (including phenoxy) is 1. The highest BCUT2D eigenvalue weighted by Crippen LogP contribution is 2.38. The SMILES string of the molecule is O=CN(C1C[C@H]2CC[C@@H]1O2)[C@@H](Cc1coc2c(Cl)cccc12)B(O)O. The quantitative estimate of drug-likeness (QED) is 0.604.